The summed E-state index contributed by atoms with van der Waals surface area (Å²) in [6.07, 6.45) is 0. The highest BCUT2D eigenvalue weighted by atomic mass is 35.5. The molecule has 1 fully saturated rings. The van der Waals surface area contributed by atoms with Gasteiger partial charge in [-0.1, -0.05) is 41.9 Å². The molecule has 2 heterocycles. The molecule has 1 saturated heterocycles. The number of hydrogen-bond acceptors (Lipinski definition) is 3. The third-order valence-electron chi connectivity index (χ3n) is 7.12. The van der Waals surface area contributed by atoms with Gasteiger partial charge in [0, 0.05) is 43.0 Å². The van der Waals surface area contributed by atoms with Gasteiger partial charge in [-0.2, -0.15) is 0 Å². The van der Waals surface area contributed by atoms with E-state index in [1.165, 1.54) is 11.4 Å². The average Bonchev–Trinajstić information content (AvgIpc) is 2.86. The maximum atomic E-state index is 12.7. The van der Waals surface area contributed by atoms with Crippen LogP contribution in [-0.4, -0.2) is 56.2 Å². The zero-order valence-electron chi connectivity index (χ0n) is 19.0. The first-order valence-electron chi connectivity index (χ1n) is 11.6. The highest BCUT2D eigenvalue weighted by Crippen LogP contribution is 2.41. The van der Waals surface area contributed by atoms with Gasteiger partial charge in [-0.05, 0) is 49.4 Å². The van der Waals surface area contributed by atoms with Crippen molar-refractivity contribution in [1.29, 1.82) is 0 Å². The lowest BCUT2D eigenvalue weighted by Crippen LogP contribution is -2.63. The second-order valence-corrected chi connectivity index (χ2v) is 9.44. The predicted octanol–water partition coefficient (Wildman–Crippen LogP) is 4.89. The number of halogens is 1. The number of amides is 1. The van der Waals surface area contributed by atoms with E-state index in [2.05, 4.69) is 70.6 Å². The summed E-state index contributed by atoms with van der Waals surface area (Å²) in [5.41, 5.74) is 4.29. The van der Waals surface area contributed by atoms with Crippen LogP contribution >= 0.6 is 11.6 Å². The van der Waals surface area contributed by atoms with Crippen LogP contribution in [-0.2, 0) is 0 Å². The van der Waals surface area contributed by atoms with Gasteiger partial charge in [0.2, 0.25) is 0 Å². The largest absolute Gasteiger partial charge is 0.369 e. The molecule has 0 radical (unpaired) electrons. The molecule has 0 aliphatic carbocycles. The molecule has 6 heteroatoms. The number of carbonyl (C=O) groups is 1. The maximum absolute atomic E-state index is 12.7. The molecule has 2 aliphatic heterocycles. The normalized spacial score (nSPS) is 21.9. The summed E-state index contributed by atoms with van der Waals surface area (Å²) in [5.74, 6) is 0.0130. The van der Waals surface area contributed by atoms with Crippen molar-refractivity contribution in [1.82, 2.24) is 14.7 Å². The van der Waals surface area contributed by atoms with E-state index in [-0.39, 0.29) is 11.9 Å². The van der Waals surface area contributed by atoms with Crippen molar-refractivity contribution in [3.63, 3.8) is 0 Å². The minimum absolute atomic E-state index is 0.0130. The van der Waals surface area contributed by atoms with Gasteiger partial charge < -0.3 is 10.2 Å². The Hall–Kier alpha value is -2.86. The van der Waals surface area contributed by atoms with Crippen LogP contribution in [0.15, 0.2) is 78.9 Å². The lowest BCUT2D eigenvalue weighted by atomic mass is 10.0. The standard InChI is InChI=1S/C27H29ClN4O/c1-21(19-30-15-17-31(18-16-30)23-13-11-22(28)12-14-23)32(24-7-3-2-4-8-24)20-29-27(33)25-9-5-6-10-26(25)32/h2-14,21H,15-20H2,1H3/p+1. The van der Waals surface area contributed by atoms with Gasteiger partial charge in [-0.15, -0.1) is 0 Å². The van der Waals surface area contributed by atoms with Gasteiger partial charge in [0.1, 0.15) is 17.3 Å². The first kappa shape index (κ1) is 22.0. The molecule has 3 aromatic rings. The molecule has 1 amide bonds. The van der Waals surface area contributed by atoms with E-state index in [0.29, 0.717) is 11.2 Å². The fourth-order valence-corrected chi connectivity index (χ4v) is 5.44. The zero-order valence-corrected chi connectivity index (χ0v) is 19.7. The second-order valence-electron chi connectivity index (χ2n) is 9.00. The van der Waals surface area contributed by atoms with E-state index in [1.807, 2.05) is 30.3 Å². The van der Waals surface area contributed by atoms with Gasteiger partial charge in [-0.25, -0.2) is 4.48 Å². The molecule has 170 valence electrons. The molecular formula is C27H30ClN4O+. The molecule has 1 N–H and O–H groups in total. The average molecular weight is 462 g/mol. The summed E-state index contributed by atoms with van der Waals surface area (Å²) in [6, 6.07) is 27.0. The summed E-state index contributed by atoms with van der Waals surface area (Å²) in [7, 11) is 0. The van der Waals surface area contributed by atoms with E-state index in [4.69, 9.17) is 11.6 Å². The van der Waals surface area contributed by atoms with Crippen molar-refractivity contribution in [3.8, 4) is 0 Å². The van der Waals surface area contributed by atoms with E-state index in [9.17, 15) is 4.79 Å². The number of fused-ring (bicyclic) bond motifs is 1. The van der Waals surface area contributed by atoms with Crippen LogP contribution < -0.4 is 14.7 Å². The molecule has 0 bridgehead atoms. The number of carbonyl (C=O) groups excluding carboxylic acids is 1. The van der Waals surface area contributed by atoms with E-state index >= 15 is 0 Å². The molecular weight excluding hydrogens is 432 g/mol. The molecule has 2 aliphatic rings. The lowest BCUT2D eigenvalue weighted by molar-refractivity contribution is 0.0893. The number of nitrogens with one attached hydrogen (secondary N) is 1. The van der Waals surface area contributed by atoms with Crippen molar-refractivity contribution in [2.75, 3.05) is 44.3 Å². The van der Waals surface area contributed by atoms with Crippen LogP contribution in [0, 0.1) is 0 Å². The Morgan fingerprint density at radius 3 is 2.30 bits per heavy atom. The Kier molecular flexibility index (Phi) is 6.11. The van der Waals surface area contributed by atoms with Crippen molar-refractivity contribution in [3.05, 3.63) is 89.4 Å². The lowest BCUT2D eigenvalue weighted by Gasteiger charge is -2.47. The molecule has 0 aromatic heterocycles. The molecule has 2 unspecified atom stereocenters. The van der Waals surface area contributed by atoms with E-state index < -0.39 is 0 Å². The number of para-hydroxylation sites is 2. The summed E-state index contributed by atoms with van der Waals surface area (Å²) < 4.78 is 0.625. The molecule has 5 rings (SSSR count). The number of benzene rings is 3. The Labute approximate surface area is 200 Å². The SMILES string of the molecule is CC(CN1CCN(c2ccc(Cl)cc2)CC1)[N+]1(c2ccccc2)CNC(=O)c2ccccc21. The highest BCUT2D eigenvalue weighted by Gasteiger charge is 2.45. The smallest absolute Gasteiger partial charge is 0.261 e. The highest BCUT2D eigenvalue weighted by molar-refractivity contribution is 6.30. The van der Waals surface area contributed by atoms with E-state index in [0.717, 1.165) is 49.0 Å². The minimum Gasteiger partial charge on any atom is -0.369 e. The number of nitrogens with zero attached hydrogens (tertiary/aromatic N) is 3. The molecule has 0 saturated carbocycles. The van der Waals surface area contributed by atoms with Crippen LogP contribution in [0.5, 0.6) is 0 Å². The van der Waals surface area contributed by atoms with Crippen molar-refractivity contribution in [2.24, 2.45) is 0 Å². The summed E-state index contributed by atoms with van der Waals surface area (Å²) in [4.78, 5) is 17.6. The monoisotopic (exact) mass is 461 g/mol. The summed E-state index contributed by atoms with van der Waals surface area (Å²) in [6.45, 7) is 7.83. The third kappa shape index (κ3) is 4.12. The van der Waals surface area contributed by atoms with Gasteiger partial charge in [0.05, 0.1) is 6.54 Å². The minimum atomic E-state index is 0.0130. The predicted molar refractivity (Wildman–Crippen MR) is 136 cm³/mol. The Morgan fingerprint density at radius 1 is 0.909 bits per heavy atom. The molecule has 5 nitrogen and oxygen atoms in total. The van der Waals surface area contributed by atoms with Gasteiger partial charge >= 0.3 is 0 Å². The van der Waals surface area contributed by atoms with Gasteiger partial charge in [0.25, 0.3) is 5.91 Å². The Bertz CT molecular complexity index is 1110. The first-order valence-corrected chi connectivity index (χ1v) is 12.0. The molecule has 0 spiro atoms. The van der Waals surface area contributed by atoms with Crippen LogP contribution in [0.1, 0.15) is 17.3 Å². The van der Waals surface area contributed by atoms with Crippen molar-refractivity contribution < 1.29 is 4.79 Å². The second kappa shape index (κ2) is 9.18. The van der Waals surface area contributed by atoms with Crippen LogP contribution in [0.4, 0.5) is 17.1 Å². The van der Waals surface area contributed by atoms with Crippen LogP contribution in [0.3, 0.4) is 0 Å². The number of hydrogen-bond donors (Lipinski definition) is 1. The number of anilines is 1. The number of piperazine rings is 1. The van der Waals surface area contributed by atoms with Crippen LogP contribution in [0.2, 0.25) is 5.02 Å². The Balaban J connectivity index is 1.39. The van der Waals surface area contributed by atoms with Crippen molar-refractivity contribution in [2.45, 2.75) is 13.0 Å². The summed E-state index contributed by atoms with van der Waals surface area (Å²) >= 11 is 6.06. The topological polar surface area (TPSA) is 35.6 Å². The number of rotatable bonds is 5. The Morgan fingerprint density at radius 2 is 1.58 bits per heavy atom. The fourth-order valence-electron chi connectivity index (χ4n) is 5.32. The first-order chi connectivity index (χ1) is 16.1. The maximum Gasteiger partial charge on any atom is 0.261 e. The van der Waals surface area contributed by atoms with E-state index in [1.54, 1.807) is 0 Å². The molecule has 2 atom stereocenters. The summed E-state index contributed by atoms with van der Waals surface area (Å²) in [5, 5.41) is 3.95. The van der Waals surface area contributed by atoms with Crippen molar-refractivity contribution >= 4 is 34.6 Å². The number of quaternary nitrogens is 1. The fraction of sp³-hybridized carbons (Fsp3) is 0.296. The molecule has 3 aromatic carbocycles. The van der Waals surface area contributed by atoms with Gasteiger partial charge in [0.15, 0.2) is 12.4 Å². The zero-order chi connectivity index (χ0) is 22.8. The van der Waals surface area contributed by atoms with Crippen LogP contribution in [0.25, 0.3) is 0 Å². The third-order valence-corrected chi connectivity index (χ3v) is 7.38. The van der Waals surface area contributed by atoms with Gasteiger partial charge in [-0.3, -0.25) is 9.69 Å². The molecule has 33 heavy (non-hydrogen) atoms. The quantitative estimate of drug-likeness (QED) is 0.549.